The van der Waals surface area contributed by atoms with Crippen LogP contribution in [-0.4, -0.2) is 55.6 Å². The average Bonchev–Trinajstić information content (AvgIpc) is 2.75. The minimum absolute atomic E-state index is 0.0887. The van der Waals surface area contributed by atoms with Crippen LogP contribution in [0.4, 0.5) is 15.3 Å². The molecule has 6 nitrogen and oxygen atoms in total. The number of hydrogen-bond acceptors (Lipinski definition) is 4. The minimum atomic E-state index is -0.459. The van der Waals surface area contributed by atoms with Gasteiger partial charge in [-0.1, -0.05) is 6.07 Å². The molecule has 0 saturated carbocycles. The summed E-state index contributed by atoms with van der Waals surface area (Å²) in [5.41, 5.74) is 3.08. The van der Waals surface area contributed by atoms with E-state index in [-0.39, 0.29) is 12.4 Å². The molecule has 1 saturated heterocycles. The molecule has 1 N–H and O–H groups in total. The summed E-state index contributed by atoms with van der Waals surface area (Å²) < 4.78 is 5.08. The van der Waals surface area contributed by atoms with E-state index in [0.717, 1.165) is 30.6 Å². The number of aliphatic hydroxyl groups excluding tert-OH is 1. The quantitative estimate of drug-likeness (QED) is 0.808. The van der Waals surface area contributed by atoms with E-state index < -0.39 is 12.2 Å². The van der Waals surface area contributed by atoms with Crippen molar-refractivity contribution < 1.29 is 19.4 Å². The topological polar surface area (TPSA) is 70.1 Å². The van der Waals surface area contributed by atoms with Gasteiger partial charge in [-0.15, -0.1) is 0 Å². The van der Waals surface area contributed by atoms with Gasteiger partial charge in [0.15, 0.2) is 5.81 Å². The number of fused-ring (bicyclic) bond motifs is 1. The van der Waals surface area contributed by atoms with Gasteiger partial charge >= 0.3 is 6.09 Å². The summed E-state index contributed by atoms with van der Waals surface area (Å²) in [6.07, 6.45) is 0.927. The SMILES string of the molecule is BC(=O)N1CCCc2cc(N3C[C@H](CO)OC3=O)ccc2C1. The maximum Gasteiger partial charge on any atom is 0.414 e. The van der Waals surface area contributed by atoms with E-state index >= 15 is 0 Å². The summed E-state index contributed by atoms with van der Waals surface area (Å²) in [6, 6.07) is 5.86. The molecule has 0 spiro atoms. The van der Waals surface area contributed by atoms with Crippen molar-refractivity contribution in [3.8, 4) is 0 Å². The van der Waals surface area contributed by atoms with E-state index in [1.54, 1.807) is 12.7 Å². The fourth-order valence-corrected chi connectivity index (χ4v) is 3.01. The van der Waals surface area contributed by atoms with Crippen LogP contribution < -0.4 is 4.90 Å². The molecule has 2 amide bonds. The standard InChI is InChI=1S/C15H19BN2O4/c16-14(20)17-5-1-2-10-6-12(4-3-11(10)7-17)18-8-13(9-19)22-15(18)21/h3-4,6,13,19H,1-2,5,7-9,16H2/t13-/m1/s1. The second kappa shape index (κ2) is 6.00. The third-order valence-corrected chi connectivity index (χ3v) is 4.26. The number of cyclic esters (lactones) is 1. The van der Waals surface area contributed by atoms with E-state index in [9.17, 15) is 9.59 Å². The zero-order chi connectivity index (χ0) is 15.7. The van der Waals surface area contributed by atoms with Crippen molar-refractivity contribution in [1.82, 2.24) is 4.90 Å². The number of rotatable bonds is 2. The molecule has 0 bridgehead atoms. The Hall–Kier alpha value is -2.02. The normalized spacial score (nSPS) is 21.3. The molecule has 2 aliphatic rings. The van der Waals surface area contributed by atoms with Gasteiger partial charge in [0.2, 0.25) is 7.85 Å². The fraction of sp³-hybridized carbons (Fsp3) is 0.467. The second-order valence-corrected chi connectivity index (χ2v) is 5.80. The second-order valence-electron chi connectivity index (χ2n) is 5.80. The van der Waals surface area contributed by atoms with Crippen molar-refractivity contribution in [2.75, 3.05) is 24.6 Å². The highest BCUT2D eigenvalue weighted by atomic mass is 16.6. The highest BCUT2D eigenvalue weighted by Gasteiger charge is 2.32. The summed E-state index contributed by atoms with van der Waals surface area (Å²) in [4.78, 5) is 26.8. The molecule has 0 radical (unpaired) electrons. The van der Waals surface area contributed by atoms with Crippen LogP contribution in [0.2, 0.25) is 0 Å². The van der Waals surface area contributed by atoms with E-state index in [4.69, 9.17) is 9.84 Å². The molecule has 0 unspecified atom stereocenters. The molecular weight excluding hydrogens is 283 g/mol. The largest absolute Gasteiger partial charge is 0.441 e. The van der Waals surface area contributed by atoms with Gasteiger partial charge in [-0.05, 0) is 36.1 Å². The Bertz CT molecular complexity index is 607. The van der Waals surface area contributed by atoms with Crippen molar-refractivity contribution in [2.45, 2.75) is 25.5 Å². The molecule has 22 heavy (non-hydrogen) atoms. The Kier molecular flexibility index (Phi) is 4.07. The number of aryl methyl sites for hydroxylation is 1. The van der Waals surface area contributed by atoms with Crippen molar-refractivity contribution in [3.63, 3.8) is 0 Å². The van der Waals surface area contributed by atoms with Crippen molar-refractivity contribution >= 4 is 25.4 Å². The molecule has 2 aliphatic heterocycles. The lowest BCUT2D eigenvalue weighted by Crippen LogP contribution is -2.29. The van der Waals surface area contributed by atoms with Gasteiger partial charge in [0.05, 0.1) is 13.2 Å². The number of hydrogen-bond donors (Lipinski definition) is 1. The predicted molar refractivity (Wildman–Crippen MR) is 83.8 cm³/mol. The van der Waals surface area contributed by atoms with E-state index in [1.807, 2.05) is 23.1 Å². The van der Waals surface area contributed by atoms with Crippen LogP contribution in [0.5, 0.6) is 0 Å². The lowest BCUT2D eigenvalue weighted by Gasteiger charge is -2.20. The highest BCUT2D eigenvalue weighted by molar-refractivity contribution is 6.56. The molecule has 2 heterocycles. The zero-order valence-corrected chi connectivity index (χ0v) is 12.6. The Balaban J connectivity index is 1.84. The highest BCUT2D eigenvalue weighted by Crippen LogP contribution is 2.27. The third-order valence-electron chi connectivity index (χ3n) is 4.26. The number of amides is 2. The average molecular weight is 302 g/mol. The summed E-state index contributed by atoms with van der Waals surface area (Å²) in [5, 5.41) is 9.12. The molecule has 0 aliphatic carbocycles. The van der Waals surface area contributed by atoms with Crippen molar-refractivity contribution in [1.29, 1.82) is 0 Å². The molecule has 116 valence electrons. The number of carbonyl (C=O) groups is 2. The van der Waals surface area contributed by atoms with Crippen molar-refractivity contribution in [3.05, 3.63) is 29.3 Å². The number of ether oxygens (including phenoxy) is 1. The maximum absolute atomic E-state index is 11.9. The van der Waals surface area contributed by atoms with Gasteiger partial charge in [-0.25, -0.2) is 4.79 Å². The van der Waals surface area contributed by atoms with Gasteiger partial charge < -0.3 is 14.7 Å². The molecule has 3 rings (SSSR count). The zero-order valence-electron chi connectivity index (χ0n) is 12.6. The number of benzene rings is 1. The van der Waals surface area contributed by atoms with Crippen molar-refractivity contribution in [2.24, 2.45) is 0 Å². The van der Waals surface area contributed by atoms with Crippen LogP contribution in [0.15, 0.2) is 18.2 Å². The predicted octanol–water partition coefficient (Wildman–Crippen LogP) is 0.505. The number of nitrogens with zero attached hydrogens (tertiary/aromatic N) is 2. The summed E-state index contributed by atoms with van der Waals surface area (Å²) >= 11 is 0. The number of anilines is 1. The number of aliphatic hydroxyl groups is 1. The monoisotopic (exact) mass is 302 g/mol. The van der Waals surface area contributed by atoms with Crippen LogP contribution in [0, 0.1) is 0 Å². The van der Waals surface area contributed by atoms with E-state index in [0.29, 0.717) is 13.1 Å². The van der Waals surface area contributed by atoms with Gasteiger partial charge in [0.25, 0.3) is 0 Å². The van der Waals surface area contributed by atoms with Gasteiger partial charge in [-0.2, -0.15) is 0 Å². The molecular formula is C15H19BN2O4. The Labute approximate surface area is 130 Å². The molecule has 7 heteroatoms. The van der Waals surface area contributed by atoms with Gasteiger partial charge in [-0.3, -0.25) is 9.69 Å². The third kappa shape index (κ3) is 2.81. The van der Waals surface area contributed by atoms with Crippen LogP contribution in [0.3, 0.4) is 0 Å². The van der Waals surface area contributed by atoms with Crippen LogP contribution in [0.1, 0.15) is 17.5 Å². The van der Waals surface area contributed by atoms with E-state index in [2.05, 4.69) is 0 Å². The maximum atomic E-state index is 11.9. The molecule has 1 aromatic carbocycles. The number of carbonyl (C=O) groups excluding carboxylic acids is 2. The molecule has 1 aromatic rings. The minimum Gasteiger partial charge on any atom is -0.441 e. The fourth-order valence-electron chi connectivity index (χ4n) is 3.01. The molecule has 1 fully saturated rings. The first kappa shape index (κ1) is 14.9. The first-order valence-corrected chi connectivity index (χ1v) is 7.55. The van der Waals surface area contributed by atoms with Crippen LogP contribution >= 0.6 is 0 Å². The Morgan fingerprint density at radius 2 is 2.23 bits per heavy atom. The molecule has 0 aromatic heterocycles. The smallest absolute Gasteiger partial charge is 0.414 e. The lowest BCUT2D eigenvalue weighted by atomic mass is 10.0. The molecule has 1 atom stereocenters. The van der Waals surface area contributed by atoms with Gasteiger partial charge in [0.1, 0.15) is 6.10 Å². The van der Waals surface area contributed by atoms with Crippen LogP contribution in [-0.2, 0) is 17.7 Å². The summed E-state index contributed by atoms with van der Waals surface area (Å²) in [6.45, 7) is 1.58. The Morgan fingerprint density at radius 3 is 2.91 bits per heavy atom. The summed E-state index contributed by atoms with van der Waals surface area (Å²) in [5.74, 6) is 0.0887. The van der Waals surface area contributed by atoms with Gasteiger partial charge in [0, 0.05) is 18.8 Å². The first-order valence-electron chi connectivity index (χ1n) is 7.55. The Morgan fingerprint density at radius 1 is 1.41 bits per heavy atom. The lowest BCUT2D eigenvalue weighted by molar-refractivity contribution is 0.0963. The summed E-state index contributed by atoms with van der Waals surface area (Å²) in [7, 11) is 1.59. The van der Waals surface area contributed by atoms with Crippen LogP contribution in [0.25, 0.3) is 0 Å². The first-order chi connectivity index (χ1) is 10.6. The van der Waals surface area contributed by atoms with E-state index in [1.165, 1.54) is 5.56 Å².